The van der Waals surface area contributed by atoms with Gasteiger partial charge < -0.3 is 14.3 Å². The van der Waals surface area contributed by atoms with Gasteiger partial charge in [-0.25, -0.2) is 9.18 Å². The lowest BCUT2D eigenvalue weighted by atomic mass is 9.97. The summed E-state index contributed by atoms with van der Waals surface area (Å²) in [5.74, 6) is -0.451. The standard InChI is InChI=1S/C29H27FN2O4/c1-15-8-11-23(22(30)12-15)31-26-17(3)29(35)36-27-24(20-7-5-6-19(14-20)13-16(2)33)18(4)32(21-9-10-21)28(34)25(26)27/h5-8,11-12,14,21,31H,9-10,13H2,1-4H3. The molecule has 0 amide bonds. The van der Waals surface area contributed by atoms with Crippen molar-refractivity contribution in [2.75, 3.05) is 5.32 Å². The van der Waals surface area contributed by atoms with Crippen LogP contribution in [0.5, 0.6) is 0 Å². The van der Waals surface area contributed by atoms with Crippen LogP contribution >= 0.6 is 0 Å². The van der Waals surface area contributed by atoms with E-state index in [9.17, 15) is 18.8 Å². The molecule has 0 aliphatic heterocycles. The molecule has 0 spiro atoms. The molecule has 5 rings (SSSR count). The minimum Gasteiger partial charge on any atom is -0.421 e. The molecular weight excluding hydrogens is 459 g/mol. The van der Waals surface area contributed by atoms with Gasteiger partial charge in [-0.1, -0.05) is 30.3 Å². The average molecular weight is 487 g/mol. The van der Waals surface area contributed by atoms with E-state index in [1.807, 2.05) is 31.2 Å². The second-order valence-corrected chi connectivity index (χ2v) is 9.65. The highest BCUT2D eigenvalue weighted by Gasteiger charge is 2.31. The lowest BCUT2D eigenvalue weighted by molar-refractivity contribution is -0.116. The van der Waals surface area contributed by atoms with Crippen molar-refractivity contribution in [3.63, 3.8) is 0 Å². The lowest BCUT2D eigenvalue weighted by Gasteiger charge is -2.19. The van der Waals surface area contributed by atoms with Crippen molar-refractivity contribution in [2.45, 2.75) is 53.0 Å². The zero-order chi connectivity index (χ0) is 25.7. The zero-order valence-corrected chi connectivity index (χ0v) is 20.7. The fourth-order valence-electron chi connectivity index (χ4n) is 4.81. The van der Waals surface area contributed by atoms with Crippen LogP contribution in [-0.4, -0.2) is 10.4 Å². The summed E-state index contributed by atoms with van der Waals surface area (Å²) in [6, 6.07) is 12.3. The van der Waals surface area contributed by atoms with Gasteiger partial charge in [0, 0.05) is 23.7 Å². The number of benzene rings is 2. The van der Waals surface area contributed by atoms with Crippen LogP contribution < -0.4 is 16.5 Å². The van der Waals surface area contributed by atoms with Crippen molar-refractivity contribution >= 4 is 28.1 Å². The number of aryl methyl sites for hydroxylation is 1. The maximum absolute atomic E-state index is 14.8. The van der Waals surface area contributed by atoms with Crippen LogP contribution in [0.25, 0.3) is 22.1 Å². The molecule has 1 aliphatic rings. The minimum atomic E-state index is -0.610. The number of hydrogen-bond donors (Lipinski definition) is 1. The largest absolute Gasteiger partial charge is 0.421 e. The van der Waals surface area contributed by atoms with Gasteiger partial charge in [-0.3, -0.25) is 9.59 Å². The number of rotatable bonds is 6. The topological polar surface area (TPSA) is 81.3 Å². The van der Waals surface area contributed by atoms with Gasteiger partial charge in [0.15, 0.2) is 5.58 Å². The fraction of sp³-hybridized carbons (Fsp3) is 0.276. The number of nitrogens with zero attached hydrogens (tertiary/aromatic N) is 1. The molecule has 184 valence electrons. The zero-order valence-electron chi connectivity index (χ0n) is 20.7. The summed E-state index contributed by atoms with van der Waals surface area (Å²) in [6.07, 6.45) is 2.03. The van der Waals surface area contributed by atoms with Crippen molar-refractivity contribution in [1.29, 1.82) is 0 Å². The summed E-state index contributed by atoms with van der Waals surface area (Å²) >= 11 is 0. The third-order valence-electron chi connectivity index (χ3n) is 6.70. The molecule has 7 heteroatoms. The van der Waals surface area contributed by atoms with Crippen LogP contribution in [-0.2, 0) is 11.2 Å². The Labute approximate surface area is 207 Å². The lowest BCUT2D eigenvalue weighted by Crippen LogP contribution is -2.25. The van der Waals surface area contributed by atoms with Crippen LogP contribution in [0.15, 0.2) is 56.5 Å². The molecular formula is C29H27FN2O4. The molecule has 0 unspecified atom stereocenters. The average Bonchev–Trinajstić information content (AvgIpc) is 3.63. The number of pyridine rings is 1. The molecule has 0 saturated heterocycles. The van der Waals surface area contributed by atoms with E-state index in [2.05, 4.69) is 5.32 Å². The first-order chi connectivity index (χ1) is 17.2. The summed E-state index contributed by atoms with van der Waals surface area (Å²) in [7, 11) is 0. The van der Waals surface area contributed by atoms with E-state index in [1.165, 1.54) is 13.0 Å². The normalized spacial score (nSPS) is 13.2. The van der Waals surface area contributed by atoms with E-state index in [4.69, 9.17) is 4.42 Å². The van der Waals surface area contributed by atoms with Crippen molar-refractivity contribution in [3.8, 4) is 11.1 Å². The van der Waals surface area contributed by atoms with Gasteiger partial charge in [0.1, 0.15) is 17.0 Å². The second kappa shape index (κ2) is 8.90. The van der Waals surface area contributed by atoms with Gasteiger partial charge in [0.2, 0.25) is 0 Å². The van der Waals surface area contributed by atoms with Crippen LogP contribution in [0.2, 0.25) is 0 Å². The Hall–Kier alpha value is -4.00. The Kier molecular flexibility index (Phi) is 5.86. The molecule has 1 N–H and O–H groups in total. The molecule has 2 aromatic heterocycles. The number of ketones is 1. The smallest absolute Gasteiger partial charge is 0.341 e. The number of aromatic nitrogens is 1. The quantitative estimate of drug-likeness (QED) is 0.367. The number of anilines is 2. The predicted molar refractivity (Wildman–Crippen MR) is 139 cm³/mol. The Bertz CT molecular complexity index is 1660. The first-order valence-corrected chi connectivity index (χ1v) is 12.0. The number of carbonyl (C=O) groups excluding carboxylic acids is 1. The molecule has 1 saturated carbocycles. The monoisotopic (exact) mass is 486 g/mol. The Morgan fingerprint density at radius 3 is 2.53 bits per heavy atom. The van der Waals surface area contributed by atoms with Gasteiger partial charge in [-0.05, 0) is 69.4 Å². The van der Waals surface area contributed by atoms with Crippen molar-refractivity contribution < 1.29 is 13.6 Å². The summed E-state index contributed by atoms with van der Waals surface area (Å²) in [5.41, 5.74) is 3.49. The maximum Gasteiger partial charge on any atom is 0.341 e. The van der Waals surface area contributed by atoms with Crippen molar-refractivity contribution in [2.24, 2.45) is 0 Å². The van der Waals surface area contributed by atoms with Crippen LogP contribution in [0, 0.1) is 26.6 Å². The Balaban J connectivity index is 1.85. The van der Waals surface area contributed by atoms with Gasteiger partial charge in [-0.2, -0.15) is 0 Å². The number of nitrogens with one attached hydrogen (secondary N) is 1. The van der Waals surface area contributed by atoms with Crippen LogP contribution in [0.4, 0.5) is 15.8 Å². The van der Waals surface area contributed by atoms with E-state index in [0.29, 0.717) is 11.3 Å². The van der Waals surface area contributed by atoms with Crippen molar-refractivity contribution in [1.82, 2.24) is 4.57 Å². The Morgan fingerprint density at radius 1 is 1.11 bits per heavy atom. The third-order valence-corrected chi connectivity index (χ3v) is 6.70. The van der Waals surface area contributed by atoms with E-state index in [1.54, 1.807) is 30.5 Å². The van der Waals surface area contributed by atoms with Gasteiger partial charge in [0.25, 0.3) is 5.56 Å². The molecule has 0 bridgehead atoms. The highest BCUT2D eigenvalue weighted by atomic mass is 19.1. The summed E-state index contributed by atoms with van der Waals surface area (Å²) in [4.78, 5) is 38.6. The van der Waals surface area contributed by atoms with Crippen molar-refractivity contribution in [3.05, 3.63) is 91.4 Å². The number of hydrogen-bond acceptors (Lipinski definition) is 5. The van der Waals surface area contributed by atoms with Gasteiger partial charge in [-0.15, -0.1) is 0 Å². The number of carbonyl (C=O) groups is 1. The molecule has 36 heavy (non-hydrogen) atoms. The van der Waals surface area contributed by atoms with Crippen LogP contribution in [0.1, 0.15) is 48.2 Å². The molecule has 1 aliphatic carbocycles. The van der Waals surface area contributed by atoms with E-state index < -0.39 is 11.4 Å². The van der Waals surface area contributed by atoms with E-state index in [0.717, 1.165) is 29.5 Å². The highest BCUT2D eigenvalue weighted by Crippen LogP contribution is 2.41. The molecule has 0 radical (unpaired) electrons. The summed E-state index contributed by atoms with van der Waals surface area (Å²) in [6.45, 7) is 6.73. The Morgan fingerprint density at radius 2 is 1.86 bits per heavy atom. The SMILES string of the molecule is CC(=O)Cc1cccc(-c2c(C)n(C3CC3)c(=O)c3c(Nc4ccc(C)cc4F)c(C)c(=O)oc23)c1. The third kappa shape index (κ3) is 4.15. The van der Waals surface area contributed by atoms with E-state index >= 15 is 0 Å². The van der Waals surface area contributed by atoms with Gasteiger partial charge in [0.05, 0.1) is 16.9 Å². The number of halogens is 1. The molecule has 2 aromatic carbocycles. The van der Waals surface area contributed by atoms with E-state index in [-0.39, 0.29) is 51.7 Å². The molecule has 6 nitrogen and oxygen atoms in total. The maximum atomic E-state index is 14.8. The molecule has 2 heterocycles. The summed E-state index contributed by atoms with van der Waals surface area (Å²) < 4.78 is 22.3. The minimum absolute atomic E-state index is 0.0328. The first kappa shape index (κ1) is 23.7. The predicted octanol–water partition coefficient (Wildman–Crippen LogP) is 5.90. The highest BCUT2D eigenvalue weighted by molar-refractivity contribution is 6.01. The summed E-state index contributed by atoms with van der Waals surface area (Å²) in [5, 5.41) is 3.23. The fourth-order valence-corrected chi connectivity index (χ4v) is 4.81. The molecule has 0 atom stereocenters. The molecule has 4 aromatic rings. The van der Waals surface area contributed by atoms with Crippen LogP contribution in [0.3, 0.4) is 0 Å². The second-order valence-electron chi connectivity index (χ2n) is 9.65. The number of Topliss-reactive ketones (excluding diaryl/α,β-unsaturated/α-hetero) is 1. The number of fused-ring (bicyclic) bond motifs is 1. The first-order valence-electron chi connectivity index (χ1n) is 12.0. The van der Waals surface area contributed by atoms with Gasteiger partial charge >= 0.3 is 5.63 Å². The molecule has 1 fully saturated rings.